The molecule has 0 unspecified atom stereocenters. The van der Waals surface area contributed by atoms with Crippen LogP contribution in [0.1, 0.15) is 23.2 Å². The van der Waals surface area contributed by atoms with E-state index in [4.69, 9.17) is 0 Å². The van der Waals surface area contributed by atoms with Crippen molar-refractivity contribution in [2.24, 2.45) is 7.05 Å². The lowest BCUT2D eigenvalue weighted by Gasteiger charge is -2.29. The van der Waals surface area contributed by atoms with Crippen LogP contribution in [-0.4, -0.2) is 39.7 Å². The third-order valence-corrected chi connectivity index (χ3v) is 2.83. The second-order valence-corrected chi connectivity index (χ2v) is 4.09. The zero-order valence-corrected chi connectivity index (χ0v) is 8.89. The van der Waals surface area contributed by atoms with Crippen molar-refractivity contribution in [2.75, 3.05) is 13.1 Å². The first kappa shape index (κ1) is 10.2. The molecule has 1 amide bonds. The van der Waals surface area contributed by atoms with E-state index in [1.54, 1.807) is 0 Å². The molecule has 1 saturated heterocycles. The second-order valence-electron chi connectivity index (χ2n) is 4.09. The minimum atomic E-state index is -0.232. The van der Waals surface area contributed by atoms with Crippen LogP contribution in [0, 0.1) is 0 Å². The van der Waals surface area contributed by atoms with Gasteiger partial charge in [0.2, 0.25) is 0 Å². The Hall–Kier alpha value is -1.29. The molecule has 0 bridgehead atoms. The molecular weight excluding hydrogens is 192 g/mol. The fraction of sp³-hybridized carbons (Fsp3) is 0.545. The summed E-state index contributed by atoms with van der Waals surface area (Å²) in [5, 5.41) is 9.34. The highest BCUT2D eigenvalue weighted by Gasteiger charge is 2.22. The number of hydrogen-bond donors (Lipinski definition) is 1. The van der Waals surface area contributed by atoms with Gasteiger partial charge in [0.25, 0.3) is 5.91 Å². The largest absolute Gasteiger partial charge is 0.393 e. The summed E-state index contributed by atoms with van der Waals surface area (Å²) in [6.07, 6.45) is 4.85. The van der Waals surface area contributed by atoms with Crippen molar-refractivity contribution in [3.05, 3.63) is 24.0 Å². The lowest BCUT2D eigenvalue weighted by Crippen LogP contribution is -2.39. The standard InChI is InChI=1S/C11H16N2O2/c1-12-5-2-9(8-12)11(15)13-6-3-10(14)4-7-13/h2,5,8,10,14H,3-4,6-7H2,1H3. The zero-order valence-electron chi connectivity index (χ0n) is 8.89. The first-order valence-corrected chi connectivity index (χ1v) is 5.26. The predicted molar refractivity (Wildman–Crippen MR) is 56.6 cm³/mol. The molecule has 2 rings (SSSR count). The molecule has 0 radical (unpaired) electrons. The summed E-state index contributed by atoms with van der Waals surface area (Å²) in [5.41, 5.74) is 0.730. The van der Waals surface area contributed by atoms with Gasteiger partial charge in [-0.3, -0.25) is 4.79 Å². The van der Waals surface area contributed by atoms with Crippen LogP contribution in [0.25, 0.3) is 0 Å². The number of likely N-dealkylation sites (tertiary alicyclic amines) is 1. The molecule has 4 nitrogen and oxygen atoms in total. The normalized spacial score (nSPS) is 18.1. The van der Waals surface area contributed by atoms with E-state index in [1.807, 2.05) is 35.0 Å². The first-order valence-electron chi connectivity index (χ1n) is 5.26. The Morgan fingerprint density at radius 3 is 2.67 bits per heavy atom. The highest BCUT2D eigenvalue weighted by molar-refractivity contribution is 5.94. The Morgan fingerprint density at radius 2 is 2.13 bits per heavy atom. The number of nitrogens with zero attached hydrogens (tertiary/aromatic N) is 2. The zero-order chi connectivity index (χ0) is 10.8. The summed E-state index contributed by atoms with van der Waals surface area (Å²) >= 11 is 0. The number of hydrogen-bond acceptors (Lipinski definition) is 2. The number of amides is 1. The second kappa shape index (κ2) is 4.06. The molecule has 0 atom stereocenters. The van der Waals surface area contributed by atoms with Crippen molar-refractivity contribution in [1.29, 1.82) is 0 Å². The Labute approximate surface area is 89.1 Å². The van der Waals surface area contributed by atoms with Gasteiger partial charge in [-0.15, -0.1) is 0 Å². The summed E-state index contributed by atoms with van der Waals surface area (Å²) < 4.78 is 1.87. The fourth-order valence-corrected chi connectivity index (χ4v) is 1.88. The van der Waals surface area contributed by atoms with Gasteiger partial charge in [0.1, 0.15) is 0 Å². The van der Waals surface area contributed by atoms with Crippen molar-refractivity contribution in [2.45, 2.75) is 18.9 Å². The molecule has 0 spiro atoms. The molecule has 1 N–H and O–H groups in total. The predicted octanol–water partition coefficient (Wildman–Crippen LogP) is 0.622. The van der Waals surface area contributed by atoms with E-state index in [0.717, 1.165) is 5.56 Å². The Bertz CT molecular complexity index is 351. The number of aliphatic hydroxyl groups excluding tert-OH is 1. The van der Waals surface area contributed by atoms with Crippen molar-refractivity contribution in [3.63, 3.8) is 0 Å². The van der Waals surface area contributed by atoms with Gasteiger partial charge in [-0.05, 0) is 18.9 Å². The van der Waals surface area contributed by atoms with Crippen LogP contribution in [-0.2, 0) is 7.05 Å². The Morgan fingerprint density at radius 1 is 1.47 bits per heavy atom. The van der Waals surface area contributed by atoms with Crippen LogP contribution in [0.3, 0.4) is 0 Å². The Balaban J connectivity index is 2.02. The molecule has 4 heteroatoms. The molecule has 2 heterocycles. The van der Waals surface area contributed by atoms with E-state index < -0.39 is 0 Å². The average Bonchev–Trinajstić information content (AvgIpc) is 2.65. The maximum Gasteiger partial charge on any atom is 0.255 e. The van der Waals surface area contributed by atoms with Gasteiger partial charge in [0.15, 0.2) is 0 Å². The van der Waals surface area contributed by atoms with Gasteiger partial charge >= 0.3 is 0 Å². The van der Waals surface area contributed by atoms with Gasteiger partial charge in [-0.1, -0.05) is 0 Å². The van der Waals surface area contributed by atoms with Gasteiger partial charge in [0, 0.05) is 32.5 Å². The van der Waals surface area contributed by atoms with Crippen LogP contribution in [0.4, 0.5) is 0 Å². The van der Waals surface area contributed by atoms with Crippen molar-refractivity contribution >= 4 is 5.91 Å². The summed E-state index contributed by atoms with van der Waals surface area (Å²) in [5.74, 6) is 0.0718. The van der Waals surface area contributed by atoms with Gasteiger partial charge in [-0.2, -0.15) is 0 Å². The molecule has 0 aliphatic carbocycles. The smallest absolute Gasteiger partial charge is 0.255 e. The topological polar surface area (TPSA) is 45.5 Å². The maximum absolute atomic E-state index is 12.0. The molecule has 1 aromatic heterocycles. The van der Waals surface area contributed by atoms with E-state index in [1.165, 1.54) is 0 Å². The monoisotopic (exact) mass is 208 g/mol. The average molecular weight is 208 g/mol. The van der Waals surface area contributed by atoms with Crippen LogP contribution in [0.15, 0.2) is 18.5 Å². The van der Waals surface area contributed by atoms with Gasteiger partial charge in [0.05, 0.1) is 11.7 Å². The van der Waals surface area contributed by atoms with Crippen LogP contribution in [0.2, 0.25) is 0 Å². The molecule has 1 aliphatic heterocycles. The number of aliphatic hydroxyl groups is 1. The summed E-state index contributed by atoms with van der Waals surface area (Å²) in [6.45, 7) is 1.32. The van der Waals surface area contributed by atoms with Gasteiger partial charge < -0.3 is 14.6 Å². The van der Waals surface area contributed by atoms with E-state index >= 15 is 0 Å². The number of carbonyl (C=O) groups excluding carboxylic acids is 1. The van der Waals surface area contributed by atoms with Crippen molar-refractivity contribution < 1.29 is 9.90 Å². The van der Waals surface area contributed by atoms with Crippen LogP contribution in [0.5, 0.6) is 0 Å². The minimum Gasteiger partial charge on any atom is -0.393 e. The molecular formula is C11H16N2O2. The van der Waals surface area contributed by atoms with Crippen molar-refractivity contribution in [1.82, 2.24) is 9.47 Å². The number of aryl methyl sites for hydroxylation is 1. The third kappa shape index (κ3) is 2.21. The summed E-state index contributed by atoms with van der Waals surface area (Å²) in [4.78, 5) is 13.8. The molecule has 1 aromatic rings. The molecule has 1 fully saturated rings. The van der Waals surface area contributed by atoms with Crippen molar-refractivity contribution in [3.8, 4) is 0 Å². The summed E-state index contributed by atoms with van der Waals surface area (Å²) in [7, 11) is 1.90. The molecule has 0 aromatic carbocycles. The highest BCUT2D eigenvalue weighted by Crippen LogP contribution is 2.13. The summed E-state index contributed by atoms with van der Waals surface area (Å²) in [6, 6.07) is 1.83. The molecule has 1 aliphatic rings. The van der Waals surface area contributed by atoms with E-state index in [0.29, 0.717) is 25.9 Å². The first-order chi connectivity index (χ1) is 7.16. The van der Waals surface area contributed by atoms with Crippen LogP contribution < -0.4 is 0 Å². The molecule has 0 saturated carbocycles. The quantitative estimate of drug-likeness (QED) is 0.735. The highest BCUT2D eigenvalue weighted by atomic mass is 16.3. The van der Waals surface area contributed by atoms with Crippen LogP contribution >= 0.6 is 0 Å². The van der Waals surface area contributed by atoms with Gasteiger partial charge in [-0.25, -0.2) is 0 Å². The maximum atomic E-state index is 12.0. The SMILES string of the molecule is Cn1ccc(C(=O)N2CCC(O)CC2)c1. The van der Waals surface area contributed by atoms with E-state index in [9.17, 15) is 9.90 Å². The lowest BCUT2D eigenvalue weighted by atomic mass is 10.1. The fourth-order valence-electron chi connectivity index (χ4n) is 1.88. The number of piperidine rings is 1. The van der Waals surface area contributed by atoms with E-state index in [2.05, 4.69) is 0 Å². The number of aromatic nitrogens is 1. The third-order valence-electron chi connectivity index (χ3n) is 2.83. The Kier molecular flexibility index (Phi) is 2.77. The molecule has 15 heavy (non-hydrogen) atoms. The number of rotatable bonds is 1. The minimum absolute atomic E-state index is 0.0718. The van der Waals surface area contributed by atoms with E-state index in [-0.39, 0.29) is 12.0 Å². The number of carbonyl (C=O) groups is 1. The molecule has 82 valence electrons. The lowest BCUT2D eigenvalue weighted by molar-refractivity contribution is 0.0546.